The Morgan fingerprint density at radius 2 is 1.74 bits per heavy atom. The van der Waals surface area contributed by atoms with Crippen LogP contribution in [-0.4, -0.2) is 13.2 Å². The van der Waals surface area contributed by atoms with Crippen LogP contribution in [0, 0.1) is 0 Å². The third kappa shape index (κ3) is 2.81. The van der Waals surface area contributed by atoms with Gasteiger partial charge >= 0.3 is 0 Å². The predicted octanol–water partition coefficient (Wildman–Crippen LogP) is 3.74. The fraction of sp³-hybridized carbons (Fsp3) is 0.250. The molecule has 2 atom stereocenters. The Morgan fingerprint density at radius 3 is 2.42 bits per heavy atom. The second-order valence-corrected chi connectivity index (χ2v) is 5.12. The summed E-state index contributed by atoms with van der Waals surface area (Å²) in [5, 5.41) is 4.30. The molecule has 0 aliphatic carbocycles. The Balaban J connectivity index is 1.69. The van der Waals surface area contributed by atoms with Crippen LogP contribution in [0.1, 0.15) is 23.3 Å². The first-order valence-corrected chi connectivity index (χ1v) is 6.87. The van der Waals surface area contributed by atoms with Crippen LogP contribution in [0.15, 0.2) is 54.6 Å². The van der Waals surface area contributed by atoms with Crippen molar-refractivity contribution in [2.24, 2.45) is 0 Å². The molecule has 2 aromatic carbocycles. The van der Waals surface area contributed by atoms with Gasteiger partial charge in [0.05, 0.1) is 18.8 Å². The average molecular weight is 274 g/mol. The minimum absolute atomic E-state index is 0.0358. The quantitative estimate of drug-likeness (QED) is 0.900. The topological polar surface area (TPSA) is 21.3 Å². The molecule has 3 rings (SSSR count). The third-order valence-electron chi connectivity index (χ3n) is 3.47. The minimum Gasteiger partial charge on any atom is -0.370 e. The lowest BCUT2D eigenvalue weighted by molar-refractivity contribution is 0.00243. The van der Waals surface area contributed by atoms with E-state index >= 15 is 0 Å². The molecule has 1 aliphatic heterocycles. The Hall–Kier alpha value is -1.35. The van der Waals surface area contributed by atoms with E-state index in [1.165, 1.54) is 5.56 Å². The number of nitrogens with one attached hydrogen (secondary N) is 1. The first-order chi connectivity index (χ1) is 9.34. The molecule has 2 nitrogen and oxygen atoms in total. The van der Waals surface area contributed by atoms with E-state index in [0.29, 0.717) is 6.61 Å². The molecule has 1 N–H and O–H groups in total. The molecule has 19 heavy (non-hydrogen) atoms. The lowest BCUT2D eigenvalue weighted by Crippen LogP contribution is -2.36. The highest BCUT2D eigenvalue weighted by Gasteiger charge is 2.24. The summed E-state index contributed by atoms with van der Waals surface area (Å²) < 4.78 is 5.96. The maximum absolute atomic E-state index is 6.20. The van der Waals surface area contributed by atoms with E-state index in [4.69, 9.17) is 16.3 Å². The highest BCUT2D eigenvalue weighted by molar-refractivity contribution is 6.31. The van der Waals surface area contributed by atoms with Crippen LogP contribution in [0.3, 0.4) is 0 Å². The van der Waals surface area contributed by atoms with Crippen molar-refractivity contribution in [1.82, 2.24) is 5.32 Å². The molecule has 2 unspecified atom stereocenters. The van der Waals surface area contributed by atoms with Crippen molar-refractivity contribution in [1.29, 1.82) is 0 Å². The van der Waals surface area contributed by atoms with Crippen LogP contribution < -0.4 is 5.32 Å². The van der Waals surface area contributed by atoms with Crippen molar-refractivity contribution in [2.75, 3.05) is 13.2 Å². The van der Waals surface area contributed by atoms with Crippen LogP contribution in [0.5, 0.6) is 0 Å². The maximum Gasteiger partial charge on any atom is 0.0964 e. The maximum atomic E-state index is 6.20. The molecule has 98 valence electrons. The largest absolute Gasteiger partial charge is 0.370 e. The van der Waals surface area contributed by atoms with Crippen molar-refractivity contribution in [3.05, 3.63) is 70.7 Å². The van der Waals surface area contributed by atoms with E-state index in [0.717, 1.165) is 17.1 Å². The van der Waals surface area contributed by atoms with Gasteiger partial charge in [0.25, 0.3) is 0 Å². The molecular formula is C16H16ClNO. The highest BCUT2D eigenvalue weighted by atomic mass is 35.5. The summed E-state index contributed by atoms with van der Waals surface area (Å²) in [6.45, 7) is 1.45. The van der Waals surface area contributed by atoms with Gasteiger partial charge in [0.15, 0.2) is 0 Å². The number of morpholine rings is 1. The van der Waals surface area contributed by atoms with Gasteiger partial charge in [0.1, 0.15) is 0 Å². The van der Waals surface area contributed by atoms with Crippen LogP contribution in [-0.2, 0) is 4.74 Å². The van der Waals surface area contributed by atoms with Crippen LogP contribution in [0.4, 0.5) is 0 Å². The molecule has 1 heterocycles. The van der Waals surface area contributed by atoms with Gasteiger partial charge in [0.2, 0.25) is 0 Å². The number of halogens is 1. The normalized spacial score (nSPS) is 23.2. The molecule has 0 spiro atoms. The Morgan fingerprint density at radius 1 is 1.00 bits per heavy atom. The van der Waals surface area contributed by atoms with Crippen molar-refractivity contribution in [3.63, 3.8) is 0 Å². The first-order valence-electron chi connectivity index (χ1n) is 6.49. The number of ether oxygens (including phenoxy) is 1. The molecule has 0 saturated carbocycles. The summed E-state index contributed by atoms with van der Waals surface area (Å²) in [6, 6.07) is 18.5. The smallest absolute Gasteiger partial charge is 0.0964 e. The zero-order chi connectivity index (χ0) is 13.1. The zero-order valence-corrected chi connectivity index (χ0v) is 11.3. The van der Waals surface area contributed by atoms with E-state index < -0.39 is 0 Å². The number of rotatable bonds is 2. The van der Waals surface area contributed by atoms with Gasteiger partial charge in [-0.3, -0.25) is 0 Å². The van der Waals surface area contributed by atoms with Gasteiger partial charge in [-0.1, -0.05) is 60.1 Å². The van der Waals surface area contributed by atoms with Crippen LogP contribution >= 0.6 is 11.6 Å². The van der Waals surface area contributed by atoms with Crippen LogP contribution in [0.2, 0.25) is 5.02 Å². The van der Waals surface area contributed by atoms with E-state index in [9.17, 15) is 0 Å². The summed E-state index contributed by atoms with van der Waals surface area (Å²) in [7, 11) is 0. The monoisotopic (exact) mass is 273 g/mol. The van der Waals surface area contributed by atoms with Gasteiger partial charge < -0.3 is 10.1 Å². The average Bonchev–Trinajstić information content (AvgIpc) is 2.49. The summed E-state index contributed by atoms with van der Waals surface area (Å²) in [4.78, 5) is 0. The van der Waals surface area contributed by atoms with Crippen molar-refractivity contribution in [3.8, 4) is 0 Å². The number of benzene rings is 2. The molecule has 1 aliphatic rings. The molecule has 0 amide bonds. The third-order valence-corrected chi connectivity index (χ3v) is 3.81. The second-order valence-electron chi connectivity index (χ2n) is 4.72. The lowest BCUT2D eigenvalue weighted by Gasteiger charge is -2.31. The second kappa shape index (κ2) is 5.74. The molecule has 0 aromatic heterocycles. The molecular weight excluding hydrogens is 258 g/mol. The standard InChI is InChI=1S/C16H16ClNO/c17-14-9-5-4-8-13(14)16-10-18-15(11-19-16)12-6-2-1-3-7-12/h1-9,15-16,18H,10-11H2. The SMILES string of the molecule is Clc1ccccc1C1CNC(c2ccccc2)CO1. The molecule has 2 aromatic rings. The minimum atomic E-state index is 0.0358. The Kier molecular flexibility index (Phi) is 3.83. The highest BCUT2D eigenvalue weighted by Crippen LogP contribution is 2.29. The first kappa shape index (κ1) is 12.7. The molecule has 0 radical (unpaired) electrons. The van der Waals surface area contributed by atoms with Crippen molar-refractivity contribution in [2.45, 2.75) is 12.1 Å². The predicted molar refractivity (Wildman–Crippen MR) is 77.3 cm³/mol. The molecule has 0 bridgehead atoms. The number of hydrogen-bond acceptors (Lipinski definition) is 2. The van der Waals surface area contributed by atoms with Gasteiger partial charge in [-0.05, 0) is 11.6 Å². The van der Waals surface area contributed by atoms with E-state index in [1.54, 1.807) is 0 Å². The fourth-order valence-corrected chi connectivity index (χ4v) is 2.67. The van der Waals surface area contributed by atoms with E-state index in [2.05, 4.69) is 29.6 Å². The zero-order valence-electron chi connectivity index (χ0n) is 10.6. The molecule has 1 fully saturated rings. The van der Waals surface area contributed by atoms with E-state index in [1.807, 2.05) is 30.3 Å². The summed E-state index contributed by atoms with van der Waals surface area (Å²) >= 11 is 6.20. The van der Waals surface area contributed by atoms with Gasteiger partial charge in [-0.15, -0.1) is 0 Å². The van der Waals surface area contributed by atoms with Crippen molar-refractivity contribution >= 4 is 11.6 Å². The molecule has 3 heteroatoms. The Labute approximate surface area is 118 Å². The van der Waals surface area contributed by atoms with Gasteiger partial charge in [-0.25, -0.2) is 0 Å². The van der Waals surface area contributed by atoms with Crippen LogP contribution in [0.25, 0.3) is 0 Å². The summed E-state index contributed by atoms with van der Waals surface area (Å²) in [5.41, 5.74) is 2.32. The molecule has 1 saturated heterocycles. The Bertz CT molecular complexity index is 535. The summed E-state index contributed by atoms with van der Waals surface area (Å²) in [6.07, 6.45) is 0.0358. The van der Waals surface area contributed by atoms with Crippen molar-refractivity contribution < 1.29 is 4.74 Å². The fourth-order valence-electron chi connectivity index (χ4n) is 2.41. The van der Waals surface area contributed by atoms with Gasteiger partial charge in [-0.2, -0.15) is 0 Å². The number of hydrogen-bond donors (Lipinski definition) is 1. The van der Waals surface area contributed by atoms with Gasteiger partial charge in [0, 0.05) is 17.1 Å². The lowest BCUT2D eigenvalue weighted by atomic mass is 10.0. The summed E-state index contributed by atoms with van der Waals surface area (Å²) in [5.74, 6) is 0. The van der Waals surface area contributed by atoms with E-state index in [-0.39, 0.29) is 12.1 Å².